The van der Waals surface area contributed by atoms with Crippen molar-refractivity contribution >= 4 is 17.6 Å². The van der Waals surface area contributed by atoms with Gasteiger partial charge in [-0.05, 0) is 19.1 Å². The lowest BCUT2D eigenvalue weighted by Gasteiger charge is -2.14. The third-order valence-electron chi connectivity index (χ3n) is 3.39. The van der Waals surface area contributed by atoms with Gasteiger partial charge in [-0.3, -0.25) is 4.79 Å². The lowest BCUT2D eigenvalue weighted by molar-refractivity contribution is -0.124. The Hall–Kier alpha value is -2.75. The molecule has 0 saturated heterocycles. The van der Waals surface area contributed by atoms with Crippen molar-refractivity contribution in [1.29, 1.82) is 0 Å². The van der Waals surface area contributed by atoms with Crippen LogP contribution >= 0.6 is 0 Å². The standard InChI is InChI=1S/C21H24N2O2/c1-5-25-19(17-14-10-7-11-15-17)22-18(16-12-8-6-9-13-16)23-20(24)21(2,3)4/h6-15H,5H2,1-4H3. The molecule has 4 nitrogen and oxygen atoms in total. The van der Waals surface area contributed by atoms with Crippen molar-refractivity contribution in [3.05, 3.63) is 71.8 Å². The number of hydrogen-bond acceptors (Lipinski definition) is 2. The monoisotopic (exact) mass is 336 g/mol. The number of ether oxygens (including phenoxy) is 1. The Morgan fingerprint density at radius 3 is 1.88 bits per heavy atom. The van der Waals surface area contributed by atoms with Gasteiger partial charge in [0.2, 0.25) is 5.90 Å². The van der Waals surface area contributed by atoms with Crippen molar-refractivity contribution in [2.24, 2.45) is 15.4 Å². The molecule has 0 radical (unpaired) electrons. The maximum Gasteiger partial charge on any atom is 0.253 e. The predicted molar refractivity (Wildman–Crippen MR) is 102 cm³/mol. The smallest absolute Gasteiger partial charge is 0.253 e. The van der Waals surface area contributed by atoms with Crippen LogP contribution in [0, 0.1) is 5.41 Å². The second-order valence-electron chi connectivity index (χ2n) is 6.57. The van der Waals surface area contributed by atoms with Gasteiger partial charge in [-0.25, -0.2) is 0 Å². The molecule has 0 heterocycles. The SMILES string of the molecule is CCOC(=NC(=NC(=O)C(C)(C)C)c1ccccc1)c1ccccc1. The molecule has 2 aromatic rings. The molecule has 0 aromatic heterocycles. The molecule has 0 bridgehead atoms. The largest absolute Gasteiger partial charge is 0.477 e. The Morgan fingerprint density at radius 1 is 0.880 bits per heavy atom. The second-order valence-corrected chi connectivity index (χ2v) is 6.57. The van der Waals surface area contributed by atoms with E-state index in [0.717, 1.165) is 11.1 Å². The number of aliphatic imine (C=N–C) groups is 2. The summed E-state index contributed by atoms with van der Waals surface area (Å²) in [4.78, 5) is 21.3. The molecule has 0 atom stereocenters. The van der Waals surface area contributed by atoms with Crippen molar-refractivity contribution < 1.29 is 9.53 Å². The molecular formula is C21H24N2O2. The number of rotatable bonds is 3. The van der Waals surface area contributed by atoms with Gasteiger partial charge in [0.05, 0.1) is 6.61 Å². The predicted octanol–water partition coefficient (Wildman–Crippen LogP) is 4.49. The van der Waals surface area contributed by atoms with Crippen LogP contribution in [0.4, 0.5) is 0 Å². The number of carbonyl (C=O) groups excluding carboxylic acids is 1. The van der Waals surface area contributed by atoms with Crippen LogP contribution in [0.3, 0.4) is 0 Å². The van der Waals surface area contributed by atoms with Gasteiger partial charge in [-0.15, -0.1) is 0 Å². The minimum Gasteiger partial charge on any atom is -0.477 e. The van der Waals surface area contributed by atoms with Crippen LogP contribution in [0.5, 0.6) is 0 Å². The van der Waals surface area contributed by atoms with Gasteiger partial charge in [-0.1, -0.05) is 69.3 Å². The lowest BCUT2D eigenvalue weighted by Crippen LogP contribution is -2.20. The minimum absolute atomic E-state index is 0.223. The average Bonchev–Trinajstić information content (AvgIpc) is 2.61. The second kappa shape index (κ2) is 8.38. The Bertz CT molecular complexity index is 757. The summed E-state index contributed by atoms with van der Waals surface area (Å²) < 4.78 is 5.71. The number of carbonyl (C=O) groups is 1. The normalized spacial score (nSPS) is 12.8. The van der Waals surface area contributed by atoms with E-state index < -0.39 is 5.41 Å². The van der Waals surface area contributed by atoms with E-state index in [1.165, 1.54) is 0 Å². The minimum atomic E-state index is -0.575. The van der Waals surface area contributed by atoms with Gasteiger partial charge >= 0.3 is 0 Å². The fourth-order valence-corrected chi connectivity index (χ4v) is 2.00. The summed E-state index contributed by atoms with van der Waals surface area (Å²) in [6.45, 7) is 7.89. The van der Waals surface area contributed by atoms with Gasteiger partial charge in [0.25, 0.3) is 5.91 Å². The summed E-state index contributed by atoms with van der Waals surface area (Å²) in [5.74, 6) is 0.583. The molecule has 4 heteroatoms. The number of amidine groups is 1. The Morgan fingerprint density at radius 2 is 1.40 bits per heavy atom. The molecule has 0 unspecified atom stereocenters. The van der Waals surface area contributed by atoms with E-state index in [9.17, 15) is 4.79 Å². The fourth-order valence-electron chi connectivity index (χ4n) is 2.00. The van der Waals surface area contributed by atoms with Crippen molar-refractivity contribution in [2.45, 2.75) is 27.7 Å². The van der Waals surface area contributed by atoms with E-state index >= 15 is 0 Å². The molecule has 1 amide bonds. The summed E-state index contributed by atoms with van der Waals surface area (Å²) in [7, 11) is 0. The molecule has 0 N–H and O–H groups in total. The molecule has 0 fully saturated rings. The maximum absolute atomic E-state index is 12.4. The van der Waals surface area contributed by atoms with Crippen LogP contribution < -0.4 is 0 Å². The van der Waals surface area contributed by atoms with Gasteiger partial charge in [0, 0.05) is 16.5 Å². The number of benzene rings is 2. The van der Waals surface area contributed by atoms with E-state index in [4.69, 9.17) is 4.74 Å². The van der Waals surface area contributed by atoms with Crippen LogP contribution in [-0.4, -0.2) is 24.2 Å². The van der Waals surface area contributed by atoms with Crippen molar-refractivity contribution in [3.63, 3.8) is 0 Å². The molecule has 0 aliphatic heterocycles. The van der Waals surface area contributed by atoms with Crippen LogP contribution in [0.1, 0.15) is 38.8 Å². The van der Waals surface area contributed by atoms with Crippen LogP contribution in [0.25, 0.3) is 0 Å². The summed E-state index contributed by atoms with van der Waals surface area (Å²) in [5.41, 5.74) is 1.04. The van der Waals surface area contributed by atoms with Gasteiger partial charge in [-0.2, -0.15) is 9.98 Å². The highest BCUT2D eigenvalue weighted by atomic mass is 16.5. The van der Waals surface area contributed by atoms with E-state index in [1.807, 2.05) is 88.4 Å². The van der Waals surface area contributed by atoms with Crippen LogP contribution in [-0.2, 0) is 9.53 Å². The molecule has 0 spiro atoms. The van der Waals surface area contributed by atoms with Gasteiger partial charge in [0.15, 0.2) is 5.84 Å². The highest BCUT2D eigenvalue weighted by Crippen LogP contribution is 2.17. The topological polar surface area (TPSA) is 51.0 Å². The first-order valence-electron chi connectivity index (χ1n) is 8.37. The van der Waals surface area contributed by atoms with E-state index in [1.54, 1.807) is 0 Å². The van der Waals surface area contributed by atoms with Crippen LogP contribution in [0.2, 0.25) is 0 Å². The van der Waals surface area contributed by atoms with E-state index in [0.29, 0.717) is 18.3 Å². The quantitative estimate of drug-likeness (QED) is 0.612. The van der Waals surface area contributed by atoms with Gasteiger partial charge < -0.3 is 4.74 Å². The number of nitrogens with zero attached hydrogens (tertiary/aromatic N) is 2. The first-order valence-corrected chi connectivity index (χ1v) is 8.37. The zero-order chi connectivity index (χ0) is 18.3. The summed E-state index contributed by atoms with van der Waals surface area (Å²) in [6, 6.07) is 19.1. The van der Waals surface area contributed by atoms with Crippen molar-refractivity contribution in [1.82, 2.24) is 0 Å². The molecular weight excluding hydrogens is 312 g/mol. The number of hydrogen-bond donors (Lipinski definition) is 0. The summed E-state index contributed by atoms with van der Waals surface area (Å²) in [5, 5.41) is 0. The lowest BCUT2D eigenvalue weighted by atomic mass is 9.96. The van der Waals surface area contributed by atoms with Gasteiger partial charge in [0.1, 0.15) is 0 Å². The number of amides is 1. The van der Waals surface area contributed by atoms with Crippen molar-refractivity contribution in [2.75, 3.05) is 6.61 Å². The summed E-state index contributed by atoms with van der Waals surface area (Å²) >= 11 is 0. The summed E-state index contributed by atoms with van der Waals surface area (Å²) in [6.07, 6.45) is 0. The first kappa shape index (κ1) is 18.6. The molecule has 2 aromatic carbocycles. The highest BCUT2D eigenvalue weighted by Gasteiger charge is 2.22. The average molecular weight is 336 g/mol. The molecule has 0 aliphatic rings. The van der Waals surface area contributed by atoms with Crippen molar-refractivity contribution in [3.8, 4) is 0 Å². The first-order chi connectivity index (χ1) is 11.9. The molecule has 130 valence electrons. The third kappa shape index (κ3) is 5.38. The third-order valence-corrected chi connectivity index (χ3v) is 3.39. The maximum atomic E-state index is 12.4. The Balaban J connectivity index is 2.54. The fraction of sp³-hybridized carbons (Fsp3) is 0.286. The highest BCUT2D eigenvalue weighted by molar-refractivity contribution is 6.13. The molecule has 25 heavy (non-hydrogen) atoms. The van der Waals surface area contributed by atoms with Crippen LogP contribution in [0.15, 0.2) is 70.6 Å². The van der Waals surface area contributed by atoms with E-state index in [-0.39, 0.29) is 5.91 Å². The zero-order valence-corrected chi connectivity index (χ0v) is 15.2. The molecule has 0 aliphatic carbocycles. The molecule has 2 rings (SSSR count). The molecule has 0 saturated carbocycles. The van der Waals surface area contributed by atoms with E-state index in [2.05, 4.69) is 9.98 Å². The zero-order valence-electron chi connectivity index (χ0n) is 15.2. The Kier molecular flexibility index (Phi) is 6.23. The Labute approximate surface area is 149 Å².